The molecule has 2 heterocycles. The quantitative estimate of drug-likeness (QED) is 0.669. The molecule has 2 aromatic carbocycles. The first-order valence-electron chi connectivity index (χ1n) is 10.1. The first kappa shape index (κ1) is 20.1. The molecule has 7 heteroatoms. The molecule has 0 spiro atoms. The standard InChI is InChI=1S/C23H26N4O3/c1-26-10-12-27(13-11-26)25-23(28)18-15-20(24-19-7-5-4-6-17(18)19)16-8-9-21(29-2)22(14-16)30-3/h4-9,14-15H,10-13H2,1-3H3,(H,25,28)/p+1. The van der Waals surface area contributed by atoms with Crippen LogP contribution >= 0.6 is 0 Å². The van der Waals surface area contributed by atoms with Gasteiger partial charge in [-0.05, 0) is 30.3 Å². The van der Waals surface area contributed by atoms with Gasteiger partial charge in [0.2, 0.25) is 0 Å². The maximum absolute atomic E-state index is 13.2. The third-order valence-electron chi connectivity index (χ3n) is 5.52. The van der Waals surface area contributed by atoms with Gasteiger partial charge in [0.15, 0.2) is 11.5 Å². The van der Waals surface area contributed by atoms with E-state index in [9.17, 15) is 4.79 Å². The summed E-state index contributed by atoms with van der Waals surface area (Å²) in [6.45, 7) is 3.69. The number of pyridine rings is 1. The first-order chi connectivity index (χ1) is 14.6. The Morgan fingerprint density at radius 3 is 2.50 bits per heavy atom. The van der Waals surface area contributed by atoms with Gasteiger partial charge < -0.3 is 14.4 Å². The number of fused-ring (bicyclic) bond motifs is 1. The van der Waals surface area contributed by atoms with Crippen LogP contribution in [0.5, 0.6) is 11.5 Å². The van der Waals surface area contributed by atoms with Gasteiger partial charge >= 0.3 is 0 Å². The molecule has 1 aliphatic heterocycles. The molecule has 1 aliphatic rings. The third kappa shape index (κ3) is 4.08. The van der Waals surface area contributed by atoms with Crippen molar-refractivity contribution >= 4 is 16.8 Å². The maximum Gasteiger partial charge on any atom is 0.266 e. The van der Waals surface area contributed by atoms with Crippen LogP contribution in [0.1, 0.15) is 10.4 Å². The highest BCUT2D eigenvalue weighted by molar-refractivity contribution is 6.07. The summed E-state index contributed by atoms with van der Waals surface area (Å²) in [6, 6.07) is 15.2. The van der Waals surface area contributed by atoms with E-state index in [1.54, 1.807) is 14.2 Å². The average Bonchev–Trinajstić information content (AvgIpc) is 2.79. The monoisotopic (exact) mass is 407 g/mol. The molecule has 0 bridgehead atoms. The van der Waals surface area contributed by atoms with Crippen LogP contribution in [0.25, 0.3) is 22.2 Å². The number of hydrazine groups is 1. The number of quaternary nitrogens is 1. The minimum absolute atomic E-state index is 0.116. The lowest BCUT2D eigenvalue weighted by Crippen LogP contribution is -3.12. The van der Waals surface area contributed by atoms with E-state index in [1.165, 1.54) is 4.90 Å². The highest BCUT2D eigenvalue weighted by Gasteiger charge is 2.21. The summed E-state index contributed by atoms with van der Waals surface area (Å²) in [5.74, 6) is 1.16. The molecule has 4 rings (SSSR count). The number of hydrogen-bond acceptors (Lipinski definition) is 5. The van der Waals surface area contributed by atoms with E-state index in [0.29, 0.717) is 22.8 Å². The van der Waals surface area contributed by atoms with Gasteiger partial charge in [0, 0.05) is 10.9 Å². The van der Waals surface area contributed by atoms with E-state index in [1.807, 2.05) is 53.5 Å². The maximum atomic E-state index is 13.2. The summed E-state index contributed by atoms with van der Waals surface area (Å²) in [5, 5.41) is 2.83. The molecule has 3 aromatic rings. The number of para-hydroxylation sites is 1. The number of rotatable bonds is 5. The molecule has 0 unspecified atom stereocenters. The van der Waals surface area contributed by atoms with Gasteiger partial charge in [-0.15, -0.1) is 0 Å². The Kier molecular flexibility index (Phi) is 5.83. The number of nitrogens with one attached hydrogen (secondary N) is 2. The van der Waals surface area contributed by atoms with Gasteiger partial charge in [0.1, 0.15) is 0 Å². The number of hydrogen-bond donors (Lipinski definition) is 2. The minimum atomic E-state index is -0.116. The minimum Gasteiger partial charge on any atom is -0.493 e. The lowest BCUT2D eigenvalue weighted by Gasteiger charge is -2.30. The van der Waals surface area contributed by atoms with Crippen LogP contribution in [-0.4, -0.2) is 63.3 Å². The largest absolute Gasteiger partial charge is 0.493 e. The lowest BCUT2D eigenvalue weighted by atomic mass is 10.0. The van der Waals surface area contributed by atoms with Gasteiger partial charge in [-0.3, -0.25) is 10.2 Å². The molecular formula is C23H27N4O3+. The third-order valence-corrected chi connectivity index (χ3v) is 5.52. The molecule has 7 nitrogen and oxygen atoms in total. The SMILES string of the molecule is COc1ccc(-c2cc(C(=O)NN3CC[NH+](C)CC3)c3ccccc3n2)cc1OC. The Hall–Kier alpha value is -3.16. The summed E-state index contributed by atoms with van der Waals surface area (Å²) in [6.07, 6.45) is 0. The Bertz CT molecular complexity index is 1060. The fraction of sp³-hybridized carbons (Fsp3) is 0.304. The average molecular weight is 407 g/mol. The Morgan fingerprint density at radius 2 is 1.77 bits per heavy atom. The smallest absolute Gasteiger partial charge is 0.266 e. The van der Waals surface area contributed by atoms with Crippen molar-refractivity contribution in [3.8, 4) is 22.8 Å². The number of piperazine rings is 1. The van der Waals surface area contributed by atoms with Gasteiger partial charge in [0.05, 0.1) is 64.2 Å². The summed E-state index contributed by atoms with van der Waals surface area (Å²) < 4.78 is 10.8. The van der Waals surface area contributed by atoms with Crippen molar-refractivity contribution in [2.45, 2.75) is 0 Å². The van der Waals surface area contributed by atoms with Crippen molar-refractivity contribution in [2.24, 2.45) is 0 Å². The zero-order valence-corrected chi connectivity index (χ0v) is 17.6. The van der Waals surface area contributed by atoms with Gasteiger partial charge in [-0.1, -0.05) is 18.2 Å². The van der Waals surface area contributed by atoms with Crippen molar-refractivity contribution in [3.05, 3.63) is 54.1 Å². The molecule has 2 N–H and O–H groups in total. The van der Waals surface area contributed by atoms with E-state index in [2.05, 4.69) is 12.5 Å². The topological polar surface area (TPSA) is 68.1 Å². The number of carbonyl (C=O) groups excluding carboxylic acids is 1. The fourth-order valence-electron chi connectivity index (χ4n) is 3.71. The molecule has 30 heavy (non-hydrogen) atoms. The molecule has 1 fully saturated rings. The van der Waals surface area contributed by atoms with Crippen LogP contribution in [0.4, 0.5) is 0 Å². The van der Waals surface area contributed by atoms with Crippen molar-refractivity contribution in [2.75, 3.05) is 47.4 Å². The summed E-state index contributed by atoms with van der Waals surface area (Å²) >= 11 is 0. The zero-order chi connectivity index (χ0) is 21.1. The summed E-state index contributed by atoms with van der Waals surface area (Å²) in [4.78, 5) is 19.4. The van der Waals surface area contributed by atoms with Crippen molar-refractivity contribution < 1.29 is 19.2 Å². The first-order valence-corrected chi connectivity index (χ1v) is 10.1. The fourth-order valence-corrected chi connectivity index (χ4v) is 3.71. The predicted molar refractivity (Wildman–Crippen MR) is 116 cm³/mol. The Balaban J connectivity index is 1.72. The van der Waals surface area contributed by atoms with E-state index < -0.39 is 0 Å². The highest BCUT2D eigenvalue weighted by Crippen LogP contribution is 2.33. The molecular weight excluding hydrogens is 380 g/mol. The van der Waals surface area contributed by atoms with Crippen molar-refractivity contribution in [1.82, 2.24) is 15.4 Å². The van der Waals surface area contributed by atoms with Crippen LogP contribution < -0.4 is 19.8 Å². The van der Waals surface area contributed by atoms with Gasteiger partial charge in [-0.25, -0.2) is 9.99 Å². The van der Waals surface area contributed by atoms with Crippen LogP contribution in [0.3, 0.4) is 0 Å². The van der Waals surface area contributed by atoms with Crippen LogP contribution in [0.15, 0.2) is 48.5 Å². The van der Waals surface area contributed by atoms with Crippen molar-refractivity contribution in [3.63, 3.8) is 0 Å². The van der Waals surface area contributed by atoms with E-state index in [4.69, 9.17) is 14.5 Å². The van der Waals surface area contributed by atoms with Crippen LogP contribution in [-0.2, 0) is 0 Å². The van der Waals surface area contributed by atoms with E-state index in [-0.39, 0.29) is 5.91 Å². The predicted octanol–water partition coefficient (Wildman–Crippen LogP) is 1.39. The molecule has 1 aromatic heterocycles. The molecule has 0 aliphatic carbocycles. The number of likely N-dealkylation sites (N-methyl/N-ethyl adjacent to an activating group) is 1. The van der Waals surface area contributed by atoms with Crippen molar-refractivity contribution in [1.29, 1.82) is 0 Å². The van der Waals surface area contributed by atoms with Crippen LogP contribution in [0, 0.1) is 0 Å². The highest BCUT2D eigenvalue weighted by atomic mass is 16.5. The number of amides is 1. The Morgan fingerprint density at radius 1 is 1.03 bits per heavy atom. The molecule has 0 atom stereocenters. The lowest BCUT2D eigenvalue weighted by molar-refractivity contribution is -0.884. The van der Waals surface area contributed by atoms with Crippen LogP contribution in [0.2, 0.25) is 0 Å². The zero-order valence-electron chi connectivity index (χ0n) is 17.6. The second-order valence-corrected chi connectivity index (χ2v) is 7.53. The molecule has 1 saturated heterocycles. The number of benzene rings is 2. The van der Waals surface area contributed by atoms with E-state index >= 15 is 0 Å². The van der Waals surface area contributed by atoms with Gasteiger partial charge in [-0.2, -0.15) is 0 Å². The molecule has 0 saturated carbocycles. The summed E-state index contributed by atoms with van der Waals surface area (Å²) in [7, 11) is 5.38. The van der Waals surface area contributed by atoms with E-state index in [0.717, 1.165) is 42.6 Å². The summed E-state index contributed by atoms with van der Waals surface area (Å²) in [5.41, 5.74) is 6.03. The molecule has 156 valence electrons. The molecule has 0 radical (unpaired) electrons. The second-order valence-electron chi connectivity index (χ2n) is 7.53. The number of aromatic nitrogens is 1. The second kappa shape index (κ2) is 8.69. The normalized spacial score (nSPS) is 15.2. The number of nitrogens with zero attached hydrogens (tertiary/aromatic N) is 2. The Labute approximate surface area is 176 Å². The molecule has 1 amide bonds. The number of ether oxygens (including phenoxy) is 2. The number of carbonyl (C=O) groups is 1. The number of methoxy groups -OCH3 is 2. The van der Waals surface area contributed by atoms with Gasteiger partial charge in [0.25, 0.3) is 5.91 Å².